The number of nitrogens with zero attached hydrogens (tertiary/aromatic N) is 3. The fourth-order valence-electron chi connectivity index (χ4n) is 2.01. The van der Waals surface area contributed by atoms with Crippen molar-refractivity contribution >= 4 is 5.65 Å². The molecule has 88 valence electrons. The molecule has 0 aliphatic carbocycles. The highest BCUT2D eigenvalue weighted by molar-refractivity contribution is 5.64. The van der Waals surface area contributed by atoms with Gasteiger partial charge in [0, 0.05) is 12.6 Å². The fourth-order valence-corrected chi connectivity index (χ4v) is 2.01. The minimum Gasteiger partial charge on any atom is -0.286 e. The number of aromatic nitrogens is 3. The van der Waals surface area contributed by atoms with Gasteiger partial charge in [0.15, 0.2) is 5.65 Å². The van der Waals surface area contributed by atoms with Crippen LogP contribution in [0.5, 0.6) is 0 Å². The van der Waals surface area contributed by atoms with Crippen LogP contribution in [0.15, 0.2) is 61.3 Å². The van der Waals surface area contributed by atoms with Crippen LogP contribution >= 0.6 is 0 Å². The summed E-state index contributed by atoms with van der Waals surface area (Å²) in [7, 11) is 0. The summed E-state index contributed by atoms with van der Waals surface area (Å²) in [4.78, 5) is 0. The molecule has 0 fully saturated rings. The summed E-state index contributed by atoms with van der Waals surface area (Å²) in [5, 5.41) is 8.30. The SMILES string of the molecule is C=CCc1nnc2ccc(-c3ccccc3)cn12. The number of hydrogen-bond donors (Lipinski definition) is 0. The van der Waals surface area contributed by atoms with Gasteiger partial charge in [0.1, 0.15) is 5.82 Å². The van der Waals surface area contributed by atoms with Gasteiger partial charge in [0.05, 0.1) is 0 Å². The van der Waals surface area contributed by atoms with E-state index in [1.54, 1.807) is 0 Å². The van der Waals surface area contributed by atoms with Crippen LogP contribution in [0.3, 0.4) is 0 Å². The minimum absolute atomic E-state index is 0.722. The fraction of sp³-hybridized carbons (Fsp3) is 0.0667. The zero-order chi connectivity index (χ0) is 12.4. The molecular weight excluding hydrogens is 222 g/mol. The van der Waals surface area contributed by atoms with Crippen LogP contribution in [0.25, 0.3) is 16.8 Å². The molecule has 3 rings (SSSR count). The van der Waals surface area contributed by atoms with Gasteiger partial charge in [-0.3, -0.25) is 4.40 Å². The van der Waals surface area contributed by atoms with Gasteiger partial charge in [-0.1, -0.05) is 36.4 Å². The molecule has 0 unspecified atom stereocenters. The van der Waals surface area contributed by atoms with Crippen molar-refractivity contribution in [3.63, 3.8) is 0 Å². The van der Waals surface area contributed by atoms with Gasteiger partial charge in [0.25, 0.3) is 0 Å². The molecule has 0 saturated heterocycles. The smallest absolute Gasteiger partial charge is 0.160 e. The van der Waals surface area contributed by atoms with Gasteiger partial charge in [-0.25, -0.2) is 0 Å². The van der Waals surface area contributed by atoms with E-state index >= 15 is 0 Å². The van der Waals surface area contributed by atoms with Crippen LogP contribution in [-0.2, 0) is 6.42 Å². The molecule has 0 bridgehead atoms. The van der Waals surface area contributed by atoms with E-state index < -0.39 is 0 Å². The number of pyridine rings is 1. The molecule has 0 N–H and O–H groups in total. The van der Waals surface area contributed by atoms with E-state index in [4.69, 9.17) is 0 Å². The zero-order valence-corrected chi connectivity index (χ0v) is 9.95. The first kappa shape index (κ1) is 10.7. The van der Waals surface area contributed by atoms with Gasteiger partial charge in [-0.15, -0.1) is 16.8 Å². The average molecular weight is 235 g/mol. The lowest BCUT2D eigenvalue weighted by molar-refractivity contribution is 0.954. The highest BCUT2D eigenvalue weighted by Gasteiger charge is 2.05. The third-order valence-corrected chi connectivity index (χ3v) is 2.91. The van der Waals surface area contributed by atoms with E-state index in [2.05, 4.69) is 41.2 Å². The quantitative estimate of drug-likeness (QED) is 0.653. The molecule has 0 saturated carbocycles. The summed E-state index contributed by atoms with van der Waals surface area (Å²) >= 11 is 0. The lowest BCUT2D eigenvalue weighted by Gasteiger charge is -2.03. The van der Waals surface area contributed by atoms with E-state index in [-0.39, 0.29) is 0 Å². The van der Waals surface area contributed by atoms with Gasteiger partial charge in [-0.2, -0.15) is 0 Å². The Labute approximate surface area is 105 Å². The molecule has 0 amide bonds. The summed E-state index contributed by atoms with van der Waals surface area (Å²) in [5.74, 6) is 0.915. The van der Waals surface area contributed by atoms with E-state index in [9.17, 15) is 0 Å². The molecule has 3 heteroatoms. The Morgan fingerprint density at radius 2 is 1.83 bits per heavy atom. The van der Waals surface area contributed by atoms with Crippen molar-refractivity contribution in [1.29, 1.82) is 0 Å². The molecular formula is C15H13N3. The maximum atomic E-state index is 4.16. The van der Waals surface area contributed by atoms with Crippen LogP contribution < -0.4 is 0 Å². The summed E-state index contributed by atoms with van der Waals surface area (Å²) in [5.41, 5.74) is 3.22. The molecule has 3 nitrogen and oxygen atoms in total. The number of benzene rings is 1. The van der Waals surface area contributed by atoms with Crippen LogP contribution in [0, 0.1) is 0 Å². The third kappa shape index (κ3) is 1.80. The van der Waals surface area contributed by atoms with E-state index in [0.29, 0.717) is 0 Å². The molecule has 0 spiro atoms. The van der Waals surface area contributed by atoms with Crippen molar-refractivity contribution in [2.75, 3.05) is 0 Å². The molecule has 2 heterocycles. The zero-order valence-electron chi connectivity index (χ0n) is 9.95. The number of hydrogen-bond acceptors (Lipinski definition) is 2. The van der Waals surface area contributed by atoms with Crippen molar-refractivity contribution in [1.82, 2.24) is 14.6 Å². The van der Waals surface area contributed by atoms with Crippen molar-refractivity contribution in [3.05, 3.63) is 67.1 Å². The number of fused-ring (bicyclic) bond motifs is 1. The Kier molecular flexibility index (Phi) is 2.65. The van der Waals surface area contributed by atoms with Crippen molar-refractivity contribution < 1.29 is 0 Å². The van der Waals surface area contributed by atoms with E-state index in [1.807, 2.05) is 34.7 Å². The predicted octanol–water partition coefficient (Wildman–Crippen LogP) is 3.12. The lowest BCUT2D eigenvalue weighted by Crippen LogP contribution is -1.93. The lowest BCUT2D eigenvalue weighted by atomic mass is 10.1. The van der Waals surface area contributed by atoms with Crippen LogP contribution in [0.4, 0.5) is 0 Å². The van der Waals surface area contributed by atoms with Crippen LogP contribution in [0.2, 0.25) is 0 Å². The molecule has 0 aliphatic rings. The topological polar surface area (TPSA) is 30.2 Å². The minimum atomic E-state index is 0.722. The Hall–Kier alpha value is -2.42. The van der Waals surface area contributed by atoms with Gasteiger partial charge >= 0.3 is 0 Å². The van der Waals surface area contributed by atoms with Gasteiger partial charge in [0.2, 0.25) is 0 Å². The van der Waals surface area contributed by atoms with Gasteiger partial charge in [-0.05, 0) is 23.3 Å². The largest absolute Gasteiger partial charge is 0.286 e. The average Bonchev–Trinajstić information content (AvgIpc) is 2.83. The Morgan fingerprint density at radius 3 is 2.61 bits per heavy atom. The molecule has 3 aromatic rings. The second-order valence-electron chi connectivity index (χ2n) is 4.12. The van der Waals surface area contributed by atoms with Crippen molar-refractivity contribution in [2.24, 2.45) is 0 Å². The van der Waals surface area contributed by atoms with E-state index in [0.717, 1.165) is 23.5 Å². The summed E-state index contributed by atoms with van der Waals surface area (Å²) in [6.45, 7) is 3.74. The second kappa shape index (κ2) is 4.45. The highest BCUT2D eigenvalue weighted by Crippen LogP contribution is 2.19. The van der Waals surface area contributed by atoms with Crippen LogP contribution in [-0.4, -0.2) is 14.6 Å². The van der Waals surface area contributed by atoms with Crippen molar-refractivity contribution in [2.45, 2.75) is 6.42 Å². The Morgan fingerprint density at radius 1 is 1.00 bits per heavy atom. The second-order valence-corrected chi connectivity index (χ2v) is 4.12. The highest BCUT2D eigenvalue weighted by atomic mass is 15.2. The first-order valence-corrected chi connectivity index (χ1v) is 5.88. The Bertz CT molecular complexity index is 683. The van der Waals surface area contributed by atoms with Gasteiger partial charge < -0.3 is 0 Å². The molecule has 2 aromatic heterocycles. The molecule has 0 radical (unpaired) electrons. The summed E-state index contributed by atoms with van der Waals surface area (Å²) < 4.78 is 2.02. The molecule has 0 aliphatic heterocycles. The summed E-state index contributed by atoms with van der Waals surface area (Å²) in [6.07, 6.45) is 4.63. The molecule has 0 atom stereocenters. The first-order chi connectivity index (χ1) is 8.88. The maximum absolute atomic E-state index is 4.16. The third-order valence-electron chi connectivity index (χ3n) is 2.91. The molecule has 18 heavy (non-hydrogen) atoms. The predicted molar refractivity (Wildman–Crippen MR) is 72.3 cm³/mol. The van der Waals surface area contributed by atoms with Crippen LogP contribution in [0.1, 0.15) is 5.82 Å². The monoisotopic (exact) mass is 235 g/mol. The number of rotatable bonds is 3. The first-order valence-electron chi connectivity index (χ1n) is 5.88. The summed E-state index contributed by atoms with van der Waals surface area (Å²) in [6, 6.07) is 14.3. The molecule has 1 aromatic carbocycles. The Balaban J connectivity index is 2.15. The normalized spacial score (nSPS) is 10.7. The number of allylic oxidation sites excluding steroid dienone is 1. The maximum Gasteiger partial charge on any atom is 0.160 e. The van der Waals surface area contributed by atoms with Crippen molar-refractivity contribution in [3.8, 4) is 11.1 Å². The standard InChI is InChI=1S/C15H13N3/c1-2-6-14-16-17-15-10-9-13(11-18(14)15)12-7-4-3-5-8-12/h2-5,7-11H,1,6H2. The van der Waals surface area contributed by atoms with E-state index in [1.165, 1.54) is 5.56 Å².